The largest absolute Gasteiger partial charge is 0.366 e. The number of anilines is 1. The highest BCUT2D eigenvalue weighted by Crippen LogP contribution is 2.16. The molecule has 2 unspecified atom stereocenters. The second-order valence-corrected chi connectivity index (χ2v) is 4.58. The monoisotopic (exact) mass is 230 g/mol. The van der Waals surface area contributed by atoms with Gasteiger partial charge < -0.3 is 10.6 Å². The average Bonchev–Trinajstić information content (AvgIpc) is 2.32. The topological polar surface area (TPSA) is 60.7 Å². The van der Waals surface area contributed by atoms with E-state index in [2.05, 4.69) is 28.6 Å². The summed E-state index contributed by atoms with van der Waals surface area (Å²) < 4.78 is 0. The smallest absolute Gasteiger partial charge is 0.126 e. The Morgan fingerprint density at radius 3 is 3.00 bits per heavy atom. The maximum Gasteiger partial charge on any atom is 0.126 e. The number of nitrogens with one attached hydrogen (secondary N) is 2. The maximum atomic E-state index is 8.85. The number of nitrogens with zero attached hydrogens (tertiary/aromatic N) is 2. The van der Waals surface area contributed by atoms with Crippen LogP contribution in [0, 0.1) is 18.3 Å². The Kier molecular flexibility index (Phi) is 3.60. The van der Waals surface area contributed by atoms with Crippen molar-refractivity contribution in [3.8, 4) is 6.07 Å². The summed E-state index contributed by atoms with van der Waals surface area (Å²) in [5.41, 5.74) is 1.43. The van der Waals surface area contributed by atoms with Crippen molar-refractivity contribution in [3.63, 3.8) is 0 Å². The minimum absolute atomic E-state index is 0.420. The SMILES string of the molecule is Cc1nc(NC2CCCNC2C)ccc1C#N. The summed E-state index contributed by atoms with van der Waals surface area (Å²) in [5.74, 6) is 0.863. The summed E-state index contributed by atoms with van der Waals surface area (Å²) in [7, 11) is 0. The molecule has 1 saturated heterocycles. The van der Waals surface area contributed by atoms with Gasteiger partial charge in [0.1, 0.15) is 11.9 Å². The standard InChI is InChI=1S/C13H18N4/c1-9-11(8-14)5-6-13(16-9)17-12-4-3-7-15-10(12)2/h5-6,10,12,15H,3-4,7H2,1-2H3,(H,16,17). The Morgan fingerprint density at radius 2 is 2.35 bits per heavy atom. The third kappa shape index (κ3) is 2.75. The fraction of sp³-hybridized carbons (Fsp3) is 0.538. The van der Waals surface area contributed by atoms with Crippen LogP contribution in [0.2, 0.25) is 0 Å². The van der Waals surface area contributed by atoms with Gasteiger partial charge in [0.2, 0.25) is 0 Å². The molecule has 4 heteroatoms. The maximum absolute atomic E-state index is 8.85. The van der Waals surface area contributed by atoms with E-state index in [0.717, 1.165) is 24.5 Å². The normalized spacial score (nSPS) is 24.1. The van der Waals surface area contributed by atoms with Gasteiger partial charge in [-0.15, -0.1) is 0 Å². The summed E-state index contributed by atoms with van der Waals surface area (Å²) in [6.45, 7) is 5.15. The van der Waals surface area contributed by atoms with Crippen LogP contribution in [0.15, 0.2) is 12.1 Å². The Labute approximate surface area is 102 Å². The molecular formula is C13H18N4. The van der Waals surface area contributed by atoms with E-state index in [1.165, 1.54) is 6.42 Å². The van der Waals surface area contributed by atoms with Crippen LogP contribution < -0.4 is 10.6 Å². The van der Waals surface area contributed by atoms with Crippen LogP contribution in [-0.4, -0.2) is 23.6 Å². The summed E-state index contributed by atoms with van der Waals surface area (Å²) in [6.07, 6.45) is 2.35. The molecule has 0 spiro atoms. The molecule has 4 nitrogen and oxygen atoms in total. The van der Waals surface area contributed by atoms with E-state index in [0.29, 0.717) is 17.6 Å². The molecule has 0 saturated carbocycles. The first-order chi connectivity index (χ1) is 8.20. The number of rotatable bonds is 2. The molecule has 2 N–H and O–H groups in total. The lowest BCUT2D eigenvalue weighted by molar-refractivity contribution is 0.389. The number of nitriles is 1. The molecule has 0 radical (unpaired) electrons. The summed E-state index contributed by atoms with van der Waals surface area (Å²) in [4.78, 5) is 4.41. The van der Waals surface area contributed by atoms with E-state index in [4.69, 9.17) is 5.26 Å². The molecule has 0 aromatic carbocycles. The van der Waals surface area contributed by atoms with Crippen molar-refractivity contribution >= 4 is 5.82 Å². The van der Waals surface area contributed by atoms with Gasteiger partial charge in [0.25, 0.3) is 0 Å². The number of hydrogen-bond acceptors (Lipinski definition) is 4. The minimum atomic E-state index is 0.420. The van der Waals surface area contributed by atoms with Crippen LogP contribution in [0.25, 0.3) is 0 Å². The third-order valence-electron chi connectivity index (χ3n) is 3.30. The number of pyridine rings is 1. The van der Waals surface area contributed by atoms with Crippen LogP contribution in [0.4, 0.5) is 5.82 Å². The highest BCUT2D eigenvalue weighted by atomic mass is 15.1. The average molecular weight is 230 g/mol. The zero-order valence-electron chi connectivity index (χ0n) is 10.3. The second-order valence-electron chi connectivity index (χ2n) is 4.58. The van der Waals surface area contributed by atoms with Gasteiger partial charge in [-0.3, -0.25) is 0 Å². The quantitative estimate of drug-likeness (QED) is 0.813. The van der Waals surface area contributed by atoms with Crippen LogP contribution in [0.3, 0.4) is 0 Å². The van der Waals surface area contributed by atoms with Gasteiger partial charge in [0.05, 0.1) is 11.3 Å². The van der Waals surface area contributed by atoms with E-state index in [9.17, 15) is 0 Å². The highest BCUT2D eigenvalue weighted by Gasteiger charge is 2.20. The molecule has 1 fully saturated rings. The van der Waals surface area contributed by atoms with Crippen molar-refractivity contribution in [3.05, 3.63) is 23.4 Å². The molecule has 1 aliphatic heterocycles. The van der Waals surface area contributed by atoms with Gasteiger partial charge in [0, 0.05) is 12.1 Å². The number of aromatic nitrogens is 1. The van der Waals surface area contributed by atoms with Crippen LogP contribution in [-0.2, 0) is 0 Å². The lowest BCUT2D eigenvalue weighted by Gasteiger charge is -2.31. The molecule has 90 valence electrons. The van der Waals surface area contributed by atoms with Crippen molar-refractivity contribution in [2.45, 2.75) is 38.8 Å². The Morgan fingerprint density at radius 1 is 1.53 bits per heavy atom. The molecule has 2 heterocycles. The molecule has 1 aromatic heterocycles. The molecule has 1 aromatic rings. The molecule has 0 amide bonds. The van der Waals surface area contributed by atoms with Gasteiger partial charge in [0.15, 0.2) is 0 Å². The highest BCUT2D eigenvalue weighted by molar-refractivity contribution is 5.43. The lowest BCUT2D eigenvalue weighted by atomic mass is 10.00. The number of hydrogen-bond donors (Lipinski definition) is 2. The van der Waals surface area contributed by atoms with E-state index in [-0.39, 0.29) is 0 Å². The van der Waals surface area contributed by atoms with Crippen molar-refractivity contribution in [2.75, 3.05) is 11.9 Å². The molecular weight excluding hydrogens is 212 g/mol. The van der Waals surface area contributed by atoms with Crippen molar-refractivity contribution in [1.29, 1.82) is 5.26 Å². The molecule has 1 aliphatic rings. The van der Waals surface area contributed by atoms with E-state index in [1.807, 2.05) is 19.1 Å². The zero-order valence-corrected chi connectivity index (χ0v) is 10.3. The fourth-order valence-electron chi connectivity index (χ4n) is 2.19. The first-order valence-electron chi connectivity index (χ1n) is 6.08. The van der Waals surface area contributed by atoms with Gasteiger partial charge in [-0.2, -0.15) is 5.26 Å². The summed E-state index contributed by atoms with van der Waals surface area (Å²) in [6, 6.07) is 6.72. The van der Waals surface area contributed by atoms with Crippen molar-refractivity contribution < 1.29 is 0 Å². The van der Waals surface area contributed by atoms with E-state index < -0.39 is 0 Å². The van der Waals surface area contributed by atoms with Crippen LogP contribution in [0.5, 0.6) is 0 Å². The van der Waals surface area contributed by atoms with Gasteiger partial charge in [-0.05, 0) is 45.4 Å². The van der Waals surface area contributed by atoms with Crippen molar-refractivity contribution in [2.24, 2.45) is 0 Å². The van der Waals surface area contributed by atoms with Crippen molar-refractivity contribution in [1.82, 2.24) is 10.3 Å². The van der Waals surface area contributed by atoms with E-state index >= 15 is 0 Å². The minimum Gasteiger partial charge on any atom is -0.366 e. The van der Waals surface area contributed by atoms with Crippen LogP contribution >= 0.6 is 0 Å². The molecule has 0 aliphatic carbocycles. The number of piperidine rings is 1. The van der Waals surface area contributed by atoms with Gasteiger partial charge in [-0.1, -0.05) is 0 Å². The Bertz CT molecular complexity index is 436. The van der Waals surface area contributed by atoms with Crippen LogP contribution in [0.1, 0.15) is 31.0 Å². The first-order valence-corrected chi connectivity index (χ1v) is 6.08. The third-order valence-corrected chi connectivity index (χ3v) is 3.30. The first kappa shape index (κ1) is 11.9. The number of aryl methyl sites for hydroxylation is 1. The fourth-order valence-corrected chi connectivity index (χ4v) is 2.19. The predicted octanol–water partition coefficient (Wildman–Crippen LogP) is 1.81. The summed E-state index contributed by atoms with van der Waals surface area (Å²) >= 11 is 0. The zero-order chi connectivity index (χ0) is 12.3. The Balaban J connectivity index is 2.08. The lowest BCUT2D eigenvalue weighted by Crippen LogP contribution is -2.46. The molecule has 0 bridgehead atoms. The Hall–Kier alpha value is -1.60. The second kappa shape index (κ2) is 5.15. The van der Waals surface area contributed by atoms with Gasteiger partial charge in [-0.25, -0.2) is 4.98 Å². The summed E-state index contributed by atoms with van der Waals surface area (Å²) in [5, 5.41) is 15.7. The molecule has 2 atom stereocenters. The van der Waals surface area contributed by atoms with E-state index in [1.54, 1.807) is 0 Å². The predicted molar refractivity (Wildman–Crippen MR) is 67.8 cm³/mol. The molecule has 17 heavy (non-hydrogen) atoms. The van der Waals surface area contributed by atoms with Gasteiger partial charge >= 0.3 is 0 Å². The molecule has 2 rings (SSSR count).